The molecule has 1 aromatic carbocycles. The molecule has 1 N–H and O–H groups in total. The van der Waals surface area contributed by atoms with E-state index < -0.39 is 0 Å². The first-order valence-corrected chi connectivity index (χ1v) is 5.62. The van der Waals surface area contributed by atoms with Crippen molar-refractivity contribution in [3.8, 4) is 0 Å². The highest BCUT2D eigenvalue weighted by Crippen LogP contribution is 2.13. The fourth-order valence-electron chi connectivity index (χ4n) is 1.73. The van der Waals surface area contributed by atoms with E-state index in [0.717, 1.165) is 24.9 Å². The van der Waals surface area contributed by atoms with Crippen LogP contribution in [0.1, 0.15) is 31.4 Å². The van der Waals surface area contributed by atoms with Crippen molar-refractivity contribution in [2.75, 3.05) is 6.54 Å². The summed E-state index contributed by atoms with van der Waals surface area (Å²) >= 11 is 0. The Bertz CT molecular complexity index is 309. The van der Waals surface area contributed by atoms with E-state index in [1.54, 1.807) is 6.07 Å². The topological polar surface area (TPSA) is 12.0 Å². The van der Waals surface area contributed by atoms with Gasteiger partial charge >= 0.3 is 0 Å². The molecular formula is C13H20FN. The van der Waals surface area contributed by atoms with Crippen molar-refractivity contribution in [2.24, 2.45) is 0 Å². The molecule has 0 radical (unpaired) electrons. The van der Waals surface area contributed by atoms with E-state index in [1.807, 2.05) is 13.0 Å². The van der Waals surface area contributed by atoms with Crippen LogP contribution in [0.5, 0.6) is 0 Å². The second-order valence-corrected chi connectivity index (χ2v) is 4.07. The Morgan fingerprint density at radius 2 is 2.13 bits per heavy atom. The van der Waals surface area contributed by atoms with Gasteiger partial charge in [-0.2, -0.15) is 0 Å². The van der Waals surface area contributed by atoms with Crippen LogP contribution >= 0.6 is 0 Å². The molecule has 15 heavy (non-hydrogen) atoms. The third kappa shape index (κ3) is 4.00. The number of rotatable bonds is 5. The predicted molar refractivity (Wildman–Crippen MR) is 62.6 cm³/mol. The summed E-state index contributed by atoms with van der Waals surface area (Å²) < 4.78 is 13.0. The Balaban J connectivity index is 2.53. The normalized spacial score (nSPS) is 12.8. The van der Waals surface area contributed by atoms with Gasteiger partial charge in [0, 0.05) is 6.04 Å². The van der Waals surface area contributed by atoms with Crippen LogP contribution < -0.4 is 5.32 Å². The fourth-order valence-corrected chi connectivity index (χ4v) is 1.73. The number of benzene rings is 1. The number of hydrogen-bond acceptors (Lipinski definition) is 1. The summed E-state index contributed by atoms with van der Waals surface area (Å²) in [5.41, 5.74) is 2.31. The first kappa shape index (κ1) is 12.2. The monoisotopic (exact) mass is 209 g/mol. The Hall–Kier alpha value is -0.890. The van der Waals surface area contributed by atoms with E-state index in [2.05, 4.69) is 19.2 Å². The number of hydrogen-bond donors (Lipinski definition) is 1. The Morgan fingerprint density at radius 1 is 1.40 bits per heavy atom. The van der Waals surface area contributed by atoms with Gasteiger partial charge in [-0.1, -0.05) is 13.0 Å². The van der Waals surface area contributed by atoms with Crippen LogP contribution in [-0.2, 0) is 6.42 Å². The molecule has 0 heterocycles. The van der Waals surface area contributed by atoms with Gasteiger partial charge < -0.3 is 5.32 Å². The SMILES string of the molecule is CCNC(C)CCc1cc(F)ccc1C. The lowest BCUT2D eigenvalue weighted by atomic mass is 10.0. The van der Waals surface area contributed by atoms with Crippen LogP contribution in [0.3, 0.4) is 0 Å². The fraction of sp³-hybridized carbons (Fsp3) is 0.538. The molecular weight excluding hydrogens is 189 g/mol. The van der Waals surface area contributed by atoms with Crippen molar-refractivity contribution < 1.29 is 4.39 Å². The van der Waals surface area contributed by atoms with Crippen molar-refractivity contribution in [2.45, 2.75) is 39.7 Å². The van der Waals surface area contributed by atoms with Crippen molar-refractivity contribution >= 4 is 0 Å². The number of halogens is 1. The molecule has 0 fully saturated rings. The minimum atomic E-state index is -0.133. The lowest BCUT2D eigenvalue weighted by Gasteiger charge is -2.13. The van der Waals surface area contributed by atoms with Gasteiger partial charge in [0.25, 0.3) is 0 Å². The van der Waals surface area contributed by atoms with Crippen LogP contribution in [0.4, 0.5) is 4.39 Å². The smallest absolute Gasteiger partial charge is 0.123 e. The van der Waals surface area contributed by atoms with Crippen LogP contribution in [0.2, 0.25) is 0 Å². The minimum Gasteiger partial charge on any atom is -0.315 e. The first-order chi connectivity index (χ1) is 7.13. The van der Waals surface area contributed by atoms with Gasteiger partial charge in [0.15, 0.2) is 0 Å². The number of nitrogens with one attached hydrogen (secondary N) is 1. The van der Waals surface area contributed by atoms with Crippen LogP contribution in [-0.4, -0.2) is 12.6 Å². The summed E-state index contributed by atoms with van der Waals surface area (Å²) in [5, 5.41) is 3.36. The molecule has 0 aromatic heterocycles. The zero-order valence-corrected chi connectivity index (χ0v) is 9.81. The predicted octanol–water partition coefficient (Wildman–Crippen LogP) is 3.06. The van der Waals surface area contributed by atoms with Gasteiger partial charge in [0.2, 0.25) is 0 Å². The van der Waals surface area contributed by atoms with Crippen LogP contribution in [0.25, 0.3) is 0 Å². The molecule has 0 saturated heterocycles. The lowest BCUT2D eigenvalue weighted by Crippen LogP contribution is -2.25. The van der Waals surface area contributed by atoms with Gasteiger partial charge in [-0.15, -0.1) is 0 Å². The van der Waals surface area contributed by atoms with E-state index in [1.165, 1.54) is 11.6 Å². The quantitative estimate of drug-likeness (QED) is 0.786. The summed E-state index contributed by atoms with van der Waals surface area (Å²) in [5.74, 6) is -0.133. The third-order valence-corrected chi connectivity index (χ3v) is 2.71. The summed E-state index contributed by atoms with van der Waals surface area (Å²) in [6, 6.07) is 5.51. The molecule has 0 spiro atoms. The molecule has 1 atom stereocenters. The number of aryl methyl sites for hydroxylation is 2. The molecule has 0 bridgehead atoms. The maximum Gasteiger partial charge on any atom is 0.123 e. The van der Waals surface area contributed by atoms with Gasteiger partial charge in [0.05, 0.1) is 0 Å². The summed E-state index contributed by atoms with van der Waals surface area (Å²) in [6.45, 7) is 7.29. The molecule has 1 rings (SSSR count). The Kier molecular flexibility index (Phi) is 4.76. The maximum atomic E-state index is 13.0. The highest BCUT2D eigenvalue weighted by Gasteiger charge is 2.04. The van der Waals surface area contributed by atoms with Gasteiger partial charge in [-0.25, -0.2) is 4.39 Å². The van der Waals surface area contributed by atoms with Gasteiger partial charge in [-0.05, 0) is 56.5 Å². The average Bonchev–Trinajstić information content (AvgIpc) is 2.20. The minimum absolute atomic E-state index is 0.133. The largest absolute Gasteiger partial charge is 0.315 e. The summed E-state index contributed by atoms with van der Waals surface area (Å²) in [4.78, 5) is 0. The average molecular weight is 209 g/mol. The van der Waals surface area contributed by atoms with E-state index in [9.17, 15) is 4.39 Å². The Labute approximate surface area is 91.7 Å². The van der Waals surface area contributed by atoms with Crippen LogP contribution in [0, 0.1) is 12.7 Å². The van der Waals surface area contributed by atoms with E-state index in [4.69, 9.17) is 0 Å². The van der Waals surface area contributed by atoms with E-state index >= 15 is 0 Å². The Morgan fingerprint density at radius 3 is 2.80 bits per heavy atom. The zero-order chi connectivity index (χ0) is 11.3. The molecule has 0 aliphatic heterocycles. The molecule has 0 aliphatic rings. The second kappa shape index (κ2) is 5.86. The van der Waals surface area contributed by atoms with Gasteiger partial charge in [-0.3, -0.25) is 0 Å². The lowest BCUT2D eigenvalue weighted by molar-refractivity contribution is 0.529. The van der Waals surface area contributed by atoms with E-state index in [-0.39, 0.29) is 5.82 Å². The molecule has 0 saturated carbocycles. The van der Waals surface area contributed by atoms with Crippen molar-refractivity contribution in [1.82, 2.24) is 5.32 Å². The molecule has 1 unspecified atom stereocenters. The molecule has 1 aromatic rings. The highest BCUT2D eigenvalue weighted by molar-refractivity contribution is 5.26. The third-order valence-electron chi connectivity index (χ3n) is 2.71. The van der Waals surface area contributed by atoms with Crippen molar-refractivity contribution in [3.05, 3.63) is 35.1 Å². The first-order valence-electron chi connectivity index (χ1n) is 5.62. The van der Waals surface area contributed by atoms with E-state index in [0.29, 0.717) is 6.04 Å². The van der Waals surface area contributed by atoms with Gasteiger partial charge in [0.1, 0.15) is 5.82 Å². The molecule has 0 aliphatic carbocycles. The summed E-state index contributed by atoms with van der Waals surface area (Å²) in [7, 11) is 0. The molecule has 2 heteroatoms. The standard InChI is InChI=1S/C13H20FN/c1-4-15-11(3)6-7-12-9-13(14)8-5-10(12)2/h5,8-9,11,15H,4,6-7H2,1-3H3. The van der Waals surface area contributed by atoms with Crippen LogP contribution in [0.15, 0.2) is 18.2 Å². The molecule has 1 nitrogen and oxygen atoms in total. The van der Waals surface area contributed by atoms with Crippen molar-refractivity contribution in [3.63, 3.8) is 0 Å². The second-order valence-electron chi connectivity index (χ2n) is 4.07. The van der Waals surface area contributed by atoms with Crippen molar-refractivity contribution in [1.29, 1.82) is 0 Å². The molecule has 0 amide bonds. The summed E-state index contributed by atoms with van der Waals surface area (Å²) in [6.07, 6.45) is 2.00. The zero-order valence-electron chi connectivity index (χ0n) is 9.81. The molecule has 84 valence electrons. The highest BCUT2D eigenvalue weighted by atomic mass is 19.1. The maximum absolute atomic E-state index is 13.0.